The van der Waals surface area contributed by atoms with Gasteiger partial charge in [0.05, 0.1) is 16.7 Å². The van der Waals surface area contributed by atoms with Crippen LogP contribution in [-0.4, -0.2) is 23.7 Å². The zero-order valence-electron chi connectivity index (χ0n) is 11.4. The van der Waals surface area contributed by atoms with Crippen molar-refractivity contribution >= 4 is 17.5 Å². The van der Waals surface area contributed by atoms with Crippen molar-refractivity contribution < 1.29 is 18.7 Å². The molecule has 3 nitrogen and oxygen atoms in total. The number of aliphatic hydroxyl groups excluding tert-OH is 1. The summed E-state index contributed by atoms with van der Waals surface area (Å²) in [6.07, 6.45) is 0.837. The van der Waals surface area contributed by atoms with E-state index in [4.69, 9.17) is 11.6 Å². The minimum absolute atomic E-state index is 0.00509. The summed E-state index contributed by atoms with van der Waals surface area (Å²) in [6, 6.07) is 1.50. The molecule has 0 aliphatic rings. The zero-order valence-corrected chi connectivity index (χ0v) is 12.2. The lowest BCUT2D eigenvalue weighted by molar-refractivity contribution is 0.0813. The van der Waals surface area contributed by atoms with Crippen molar-refractivity contribution in [1.29, 1.82) is 0 Å². The fraction of sp³-hybridized carbons (Fsp3) is 0.500. The van der Waals surface area contributed by atoms with E-state index < -0.39 is 29.2 Å². The Labute approximate surface area is 121 Å². The topological polar surface area (TPSA) is 49.3 Å². The second-order valence-corrected chi connectivity index (χ2v) is 5.01. The average molecular weight is 306 g/mol. The second-order valence-electron chi connectivity index (χ2n) is 4.60. The van der Waals surface area contributed by atoms with Gasteiger partial charge in [0.2, 0.25) is 0 Å². The molecule has 0 radical (unpaired) electrons. The molecular weight excluding hydrogens is 288 g/mol. The Morgan fingerprint density at radius 1 is 1.30 bits per heavy atom. The van der Waals surface area contributed by atoms with Crippen LogP contribution in [0.25, 0.3) is 0 Å². The van der Waals surface area contributed by atoms with Crippen molar-refractivity contribution in [1.82, 2.24) is 5.32 Å². The Bertz CT molecular complexity index is 478. The van der Waals surface area contributed by atoms with Crippen LogP contribution in [-0.2, 0) is 0 Å². The Balaban J connectivity index is 2.70. The fourth-order valence-corrected chi connectivity index (χ4v) is 2.14. The third-order valence-electron chi connectivity index (χ3n) is 3.32. The van der Waals surface area contributed by atoms with Crippen LogP contribution in [0.1, 0.15) is 37.0 Å². The molecule has 1 amide bonds. The van der Waals surface area contributed by atoms with Crippen molar-refractivity contribution in [2.75, 3.05) is 6.54 Å². The third-order valence-corrected chi connectivity index (χ3v) is 3.61. The lowest BCUT2D eigenvalue weighted by atomic mass is 9.96. The number of carbonyl (C=O) groups excluding carboxylic acids is 1. The molecule has 0 aliphatic carbocycles. The Morgan fingerprint density at radius 2 is 1.90 bits per heavy atom. The van der Waals surface area contributed by atoms with Crippen molar-refractivity contribution in [3.63, 3.8) is 0 Å². The molecule has 0 aliphatic heterocycles. The highest BCUT2D eigenvalue weighted by Gasteiger charge is 2.19. The Morgan fingerprint density at radius 3 is 2.45 bits per heavy atom. The molecule has 0 aromatic heterocycles. The van der Waals surface area contributed by atoms with Crippen LogP contribution in [0.15, 0.2) is 12.1 Å². The first-order valence-electron chi connectivity index (χ1n) is 6.51. The maximum Gasteiger partial charge on any atom is 0.254 e. The van der Waals surface area contributed by atoms with Crippen molar-refractivity contribution in [3.05, 3.63) is 34.4 Å². The molecule has 0 saturated carbocycles. The maximum absolute atomic E-state index is 13.5. The molecule has 6 heteroatoms. The number of hydrogen-bond donors (Lipinski definition) is 2. The van der Waals surface area contributed by atoms with Gasteiger partial charge in [-0.15, -0.1) is 0 Å². The van der Waals surface area contributed by atoms with Gasteiger partial charge in [0, 0.05) is 6.54 Å². The van der Waals surface area contributed by atoms with Gasteiger partial charge in [-0.3, -0.25) is 4.79 Å². The summed E-state index contributed by atoms with van der Waals surface area (Å²) >= 11 is 5.41. The maximum atomic E-state index is 13.5. The van der Waals surface area contributed by atoms with Gasteiger partial charge in [0.1, 0.15) is 11.6 Å². The van der Waals surface area contributed by atoms with E-state index in [0.717, 1.165) is 25.0 Å². The van der Waals surface area contributed by atoms with Gasteiger partial charge >= 0.3 is 0 Å². The van der Waals surface area contributed by atoms with Gasteiger partial charge in [-0.25, -0.2) is 8.78 Å². The molecule has 112 valence electrons. The molecule has 0 heterocycles. The summed E-state index contributed by atoms with van der Waals surface area (Å²) in [5, 5.41) is 11.9. The highest BCUT2D eigenvalue weighted by Crippen LogP contribution is 2.19. The van der Waals surface area contributed by atoms with Gasteiger partial charge in [0.15, 0.2) is 0 Å². The van der Waals surface area contributed by atoms with Gasteiger partial charge in [0.25, 0.3) is 5.91 Å². The number of rotatable bonds is 6. The summed E-state index contributed by atoms with van der Waals surface area (Å²) in [7, 11) is 0. The zero-order chi connectivity index (χ0) is 15.3. The van der Waals surface area contributed by atoms with E-state index in [2.05, 4.69) is 5.32 Å². The molecule has 20 heavy (non-hydrogen) atoms. The van der Waals surface area contributed by atoms with Gasteiger partial charge < -0.3 is 10.4 Å². The van der Waals surface area contributed by atoms with Crippen LogP contribution in [0, 0.1) is 17.6 Å². The van der Waals surface area contributed by atoms with E-state index in [0.29, 0.717) is 0 Å². The predicted octanol–water partition coefficient (Wildman–Crippen LogP) is 3.15. The van der Waals surface area contributed by atoms with Gasteiger partial charge in [-0.05, 0) is 18.1 Å². The molecule has 1 unspecified atom stereocenters. The first kappa shape index (κ1) is 16.9. The van der Waals surface area contributed by atoms with Crippen molar-refractivity contribution in [2.24, 2.45) is 5.92 Å². The summed E-state index contributed by atoms with van der Waals surface area (Å²) in [6.45, 7) is 3.87. The van der Waals surface area contributed by atoms with E-state index in [9.17, 15) is 18.7 Å². The standard InChI is InChI=1S/C14H18ClF2NO2/c1-3-8(4-2)13(19)7-18-14(20)9-5-12(17)10(15)6-11(9)16/h5-6,8,13,19H,3-4,7H2,1-2H3,(H,18,20). The smallest absolute Gasteiger partial charge is 0.254 e. The van der Waals surface area contributed by atoms with Crippen LogP contribution < -0.4 is 5.32 Å². The molecule has 1 aromatic rings. The fourth-order valence-electron chi connectivity index (χ4n) is 1.99. The summed E-state index contributed by atoms with van der Waals surface area (Å²) in [5.41, 5.74) is -0.427. The predicted molar refractivity (Wildman–Crippen MR) is 73.8 cm³/mol. The monoisotopic (exact) mass is 305 g/mol. The lowest BCUT2D eigenvalue weighted by Crippen LogP contribution is -2.36. The van der Waals surface area contributed by atoms with Crippen LogP contribution in [0.3, 0.4) is 0 Å². The molecule has 0 saturated heterocycles. The molecule has 2 N–H and O–H groups in total. The minimum atomic E-state index is -0.897. The van der Waals surface area contributed by atoms with E-state index in [1.165, 1.54) is 0 Å². The first-order chi connectivity index (χ1) is 9.40. The summed E-state index contributed by atoms with van der Waals surface area (Å²) in [5.74, 6) is -2.48. The third kappa shape index (κ3) is 4.15. The molecule has 1 aromatic carbocycles. The summed E-state index contributed by atoms with van der Waals surface area (Å²) in [4.78, 5) is 11.8. The number of halogens is 3. The van der Waals surface area contributed by atoms with Crippen LogP contribution >= 0.6 is 11.6 Å². The quantitative estimate of drug-likeness (QED) is 0.793. The van der Waals surface area contributed by atoms with Gasteiger partial charge in [-0.1, -0.05) is 38.3 Å². The van der Waals surface area contributed by atoms with E-state index >= 15 is 0 Å². The lowest BCUT2D eigenvalue weighted by Gasteiger charge is -2.20. The SMILES string of the molecule is CCC(CC)C(O)CNC(=O)c1cc(F)c(Cl)cc1F. The number of amides is 1. The molecule has 0 fully saturated rings. The van der Waals surface area contributed by atoms with Gasteiger partial charge in [-0.2, -0.15) is 0 Å². The first-order valence-corrected chi connectivity index (χ1v) is 6.89. The Kier molecular flexibility index (Phi) is 6.36. The summed E-state index contributed by atoms with van der Waals surface area (Å²) < 4.78 is 26.7. The van der Waals surface area contributed by atoms with E-state index in [1.807, 2.05) is 13.8 Å². The average Bonchev–Trinajstić information content (AvgIpc) is 2.41. The highest BCUT2D eigenvalue weighted by atomic mass is 35.5. The van der Waals surface area contributed by atoms with Crippen LogP contribution in [0.4, 0.5) is 8.78 Å². The molecular formula is C14H18ClF2NO2. The highest BCUT2D eigenvalue weighted by molar-refractivity contribution is 6.30. The number of nitrogens with one attached hydrogen (secondary N) is 1. The molecule has 0 bridgehead atoms. The molecule has 1 atom stereocenters. The van der Waals surface area contributed by atoms with E-state index in [1.54, 1.807) is 0 Å². The number of carbonyl (C=O) groups is 1. The van der Waals surface area contributed by atoms with Crippen LogP contribution in [0.5, 0.6) is 0 Å². The number of aliphatic hydroxyl groups is 1. The largest absolute Gasteiger partial charge is 0.391 e. The molecule has 1 rings (SSSR count). The number of hydrogen-bond acceptors (Lipinski definition) is 2. The Hall–Kier alpha value is -1.20. The van der Waals surface area contributed by atoms with Crippen molar-refractivity contribution in [3.8, 4) is 0 Å². The van der Waals surface area contributed by atoms with Crippen LogP contribution in [0.2, 0.25) is 5.02 Å². The van der Waals surface area contributed by atoms with Crippen molar-refractivity contribution in [2.45, 2.75) is 32.8 Å². The van der Waals surface area contributed by atoms with E-state index in [-0.39, 0.29) is 17.5 Å². The second kappa shape index (κ2) is 7.55. The molecule has 0 spiro atoms. The minimum Gasteiger partial charge on any atom is -0.391 e. The number of benzene rings is 1. The normalized spacial score (nSPS) is 12.6.